The molecule has 4 amide bonds. The molecular formula is C28H46N4O6. The van der Waals surface area contributed by atoms with Gasteiger partial charge in [-0.1, -0.05) is 54.0 Å². The van der Waals surface area contributed by atoms with E-state index in [1.807, 2.05) is 27.7 Å². The first-order valence-electron chi connectivity index (χ1n) is 13.4. The molecule has 1 aliphatic heterocycles. The molecule has 3 N–H and O–H groups in total. The van der Waals surface area contributed by atoms with E-state index in [0.717, 1.165) is 0 Å². The summed E-state index contributed by atoms with van der Waals surface area (Å²) in [7, 11) is 0. The predicted octanol–water partition coefficient (Wildman–Crippen LogP) is 2.57. The maximum atomic E-state index is 13.9. The molecule has 0 aromatic heterocycles. The number of amides is 4. The molecule has 1 aliphatic carbocycles. The van der Waals surface area contributed by atoms with Crippen LogP contribution in [0.2, 0.25) is 0 Å². The van der Waals surface area contributed by atoms with Gasteiger partial charge in [-0.3, -0.25) is 19.2 Å². The molecule has 1 unspecified atom stereocenters. The first kappa shape index (κ1) is 31.3. The van der Waals surface area contributed by atoms with Gasteiger partial charge in [0.1, 0.15) is 17.7 Å². The zero-order valence-electron chi connectivity index (χ0n) is 24.4. The molecule has 0 bridgehead atoms. The van der Waals surface area contributed by atoms with Crippen LogP contribution in [0.1, 0.15) is 75.2 Å². The summed E-state index contributed by atoms with van der Waals surface area (Å²) in [6, 6.07) is -2.77. The van der Waals surface area contributed by atoms with Gasteiger partial charge in [0.25, 0.3) is 5.91 Å². The summed E-state index contributed by atoms with van der Waals surface area (Å²) in [5, 5.41) is 7.94. The molecule has 0 aromatic rings. The number of fused-ring (bicyclic) bond motifs is 1. The molecule has 10 heteroatoms. The highest BCUT2D eigenvalue weighted by molar-refractivity contribution is 6.38. The molecule has 10 nitrogen and oxygen atoms in total. The molecule has 1 saturated heterocycles. The Hall–Kier alpha value is -2.91. The van der Waals surface area contributed by atoms with Gasteiger partial charge in [0.05, 0.1) is 6.04 Å². The summed E-state index contributed by atoms with van der Waals surface area (Å²) < 4.78 is 5.39. The second-order valence-electron chi connectivity index (χ2n) is 13.0. The zero-order valence-corrected chi connectivity index (χ0v) is 24.4. The monoisotopic (exact) mass is 534 g/mol. The third-order valence-corrected chi connectivity index (χ3v) is 7.38. The maximum absolute atomic E-state index is 13.9. The van der Waals surface area contributed by atoms with Crippen molar-refractivity contribution in [2.75, 3.05) is 13.1 Å². The molecule has 5 atom stereocenters. The Balaban J connectivity index is 2.30. The fraction of sp³-hybridized carbons (Fsp3) is 0.750. The van der Waals surface area contributed by atoms with Gasteiger partial charge >= 0.3 is 6.09 Å². The molecule has 2 fully saturated rings. The Labute approximate surface area is 226 Å². The number of carbonyl (C=O) groups excluding carboxylic acids is 5. The van der Waals surface area contributed by atoms with Crippen molar-refractivity contribution in [3.63, 3.8) is 0 Å². The maximum Gasteiger partial charge on any atom is 0.408 e. The molecule has 214 valence electrons. The van der Waals surface area contributed by atoms with Gasteiger partial charge in [-0.15, -0.1) is 6.58 Å². The minimum Gasteiger partial charge on any atom is -0.444 e. The van der Waals surface area contributed by atoms with Gasteiger partial charge in [-0.25, -0.2) is 4.79 Å². The summed E-state index contributed by atoms with van der Waals surface area (Å²) in [6.45, 7) is 20.7. The first-order valence-corrected chi connectivity index (χ1v) is 13.4. The van der Waals surface area contributed by atoms with E-state index in [1.165, 1.54) is 11.0 Å². The van der Waals surface area contributed by atoms with Crippen molar-refractivity contribution in [3.8, 4) is 0 Å². The highest BCUT2D eigenvalue weighted by Crippen LogP contribution is 2.65. The summed E-state index contributed by atoms with van der Waals surface area (Å²) in [5.41, 5.74) is -1.56. The van der Waals surface area contributed by atoms with E-state index >= 15 is 0 Å². The lowest BCUT2D eigenvalue weighted by molar-refractivity contribution is -0.145. The van der Waals surface area contributed by atoms with Crippen LogP contribution in [0.4, 0.5) is 4.79 Å². The second kappa shape index (κ2) is 11.5. The number of rotatable bonds is 10. The number of Topliss-reactive ketones (excluding diaryl/α,β-unsaturated/α-hetero) is 1. The quantitative estimate of drug-likeness (QED) is 0.291. The van der Waals surface area contributed by atoms with Crippen LogP contribution in [-0.2, 0) is 23.9 Å². The van der Waals surface area contributed by atoms with Crippen LogP contribution in [0, 0.1) is 22.7 Å². The van der Waals surface area contributed by atoms with Crippen LogP contribution in [-0.4, -0.2) is 71.3 Å². The highest BCUT2D eigenvalue weighted by Gasteiger charge is 2.69. The zero-order chi connectivity index (χ0) is 29.2. The molecule has 38 heavy (non-hydrogen) atoms. The number of nitrogens with zero attached hydrogens (tertiary/aromatic N) is 1. The largest absolute Gasteiger partial charge is 0.444 e. The number of ketones is 1. The minimum absolute atomic E-state index is 0.0967. The van der Waals surface area contributed by atoms with Gasteiger partial charge in [0.2, 0.25) is 17.6 Å². The van der Waals surface area contributed by atoms with Gasteiger partial charge in [0.15, 0.2) is 0 Å². The van der Waals surface area contributed by atoms with E-state index in [9.17, 15) is 24.0 Å². The van der Waals surface area contributed by atoms with Crippen LogP contribution in [0.15, 0.2) is 12.7 Å². The lowest BCUT2D eigenvalue weighted by Crippen LogP contribution is -2.60. The number of alkyl carbamates (subject to hydrolysis) is 1. The highest BCUT2D eigenvalue weighted by atomic mass is 16.6. The third-order valence-electron chi connectivity index (χ3n) is 7.38. The molecule has 0 aromatic carbocycles. The van der Waals surface area contributed by atoms with E-state index in [-0.39, 0.29) is 36.1 Å². The number of hydrogen-bond donors (Lipinski definition) is 3. The Morgan fingerprint density at radius 1 is 1.08 bits per heavy atom. The lowest BCUT2D eigenvalue weighted by Gasteiger charge is -2.38. The molecule has 2 aliphatic rings. The van der Waals surface area contributed by atoms with E-state index < -0.39 is 52.8 Å². The topological polar surface area (TPSA) is 134 Å². The second-order valence-corrected chi connectivity index (χ2v) is 13.0. The van der Waals surface area contributed by atoms with Gasteiger partial charge in [-0.2, -0.15) is 0 Å². The van der Waals surface area contributed by atoms with E-state index in [2.05, 4.69) is 36.4 Å². The first-order chi connectivity index (χ1) is 17.4. The van der Waals surface area contributed by atoms with Crippen molar-refractivity contribution in [2.45, 2.75) is 98.9 Å². The van der Waals surface area contributed by atoms with Crippen LogP contribution >= 0.6 is 0 Å². The number of likely N-dealkylation sites (tertiary alicyclic amines) is 1. The van der Waals surface area contributed by atoms with Crippen LogP contribution < -0.4 is 16.0 Å². The van der Waals surface area contributed by atoms with E-state index in [4.69, 9.17) is 4.74 Å². The van der Waals surface area contributed by atoms with Crippen molar-refractivity contribution in [1.29, 1.82) is 0 Å². The molecule has 2 rings (SSSR count). The van der Waals surface area contributed by atoms with Crippen LogP contribution in [0.5, 0.6) is 0 Å². The number of ether oxygens (including phenoxy) is 1. The van der Waals surface area contributed by atoms with Crippen molar-refractivity contribution in [1.82, 2.24) is 20.9 Å². The SMILES string of the molecule is C=CCNC(=O)C(=O)C(CCC)NC(=O)[C@@H]1[C@@H]2[C@H](CN1C(=O)[C@@H](NC(=O)OC(C)(C)C)C(C)(C)C)C2(C)C. The predicted molar refractivity (Wildman–Crippen MR) is 144 cm³/mol. The Kier molecular flexibility index (Phi) is 9.44. The molecule has 0 spiro atoms. The normalized spacial score (nSPS) is 23.4. The smallest absolute Gasteiger partial charge is 0.408 e. The Bertz CT molecular complexity index is 961. The number of hydrogen-bond acceptors (Lipinski definition) is 6. The van der Waals surface area contributed by atoms with Crippen molar-refractivity contribution in [3.05, 3.63) is 12.7 Å². The average molecular weight is 535 g/mol. The van der Waals surface area contributed by atoms with Crippen molar-refractivity contribution >= 4 is 29.6 Å². The summed E-state index contributed by atoms with van der Waals surface area (Å²) in [5.74, 6) is -2.36. The molecule has 0 radical (unpaired) electrons. The standard InChI is InChI=1S/C28H46N4O6/c1-11-13-17(20(33)23(35)29-14-12-2)30-22(34)19-18-16(28(18,9)10)15-32(19)24(36)21(26(3,4)5)31-25(37)38-27(6,7)8/h12,16-19,21H,2,11,13-15H2,1,3-10H3,(H,29,35)(H,30,34)(H,31,37)/t16-,17?,18-,19-,21+/m0/s1. The number of carbonyl (C=O) groups is 5. The van der Waals surface area contributed by atoms with Crippen molar-refractivity contribution in [2.24, 2.45) is 22.7 Å². The summed E-state index contributed by atoms with van der Waals surface area (Å²) in [6.07, 6.45) is 1.61. The Morgan fingerprint density at radius 2 is 1.68 bits per heavy atom. The van der Waals surface area contributed by atoms with Gasteiger partial charge < -0.3 is 25.6 Å². The third kappa shape index (κ3) is 7.14. The lowest BCUT2D eigenvalue weighted by atomic mass is 9.85. The van der Waals surface area contributed by atoms with Crippen molar-refractivity contribution < 1.29 is 28.7 Å². The number of piperidine rings is 1. The van der Waals surface area contributed by atoms with Crippen LogP contribution in [0.3, 0.4) is 0 Å². The summed E-state index contributed by atoms with van der Waals surface area (Å²) in [4.78, 5) is 66.8. The molecule has 1 saturated carbocycles. The van der Waals surface area contributed by atoms with E-state index in [1.54, 1.807) is 20.8 Å². The minimum atomic E-state index is -1.01. The Morgan fingerprint density at radius 3 is 2.18 bits per heavy atom. The molecule has 1 heterocycles. The van der Waals surface area contributed by atoms with E-state index in [0.29, 0.717) is 13.0 Å². The van der Waals surface area contributed by atoms with Gasteiger partial charge in [-0.05, 0) is 49.9 Å². The van der Waals surface area contributed by atoms with Crippen LogP contribution in [0.25, 0.3) is 0 Å². The molecular weight excluding hydrogens is 488 g/mol. The summed E-state index contributed by atoms with van der Waals surface area (Å²) >= 11 is 0. The number of nitrogens with one attached hydrogen (secondary N) is 3. The fourth-order valence-electron chi connectivity index (χ4n) is 5.28. The average Bonchev–Trinajstić information content (AvgIpc) is 3.11. The fourth-order valence-corrected chi connectivity index (χ4v) is 5.28. The van der Waals surface area contributed by atoms with Gasteiger partial charge in [0, 0.05) is 13.1 Å².